The number of rotatable bonds is 4. The highest BCUT2D eigenvalue weighted by molar-refractivity contribution is 5.24. The summed E-state index contributed by atoms with van der Waals surface area (Å²) >= 11 is 0. The third-order valence-corrected chi connectivity index (χ3v) is 2.48. The van der Waals surface area contributed by atoms with Crippen LogP contribution in [-0.4, -0.2) is 0 Å². The highest BCUT2D eigenvalue weighted by Gasteiger charge is 2.12. The van der Waals surface area contributed by atoms with Gasteiger partial charge in [-0.25, -0.2) is 0 Å². The zero-order chi connectivity index (χ0) is 12.1. The molecule has 0 spiro atoms. The Hall–Kier alpha value is -0.780. The molecule has 0 atom stereocenters. The zero-order valence-corrected chi connectivity index (χ0v) is 11.3. The van der Waals surface area contributed by atoms with Crippen LogP contribution in [0.3, 0.4) is 0 Å². The van der Waals surface area contributed by atoms with Crippen LogP contribution in [0.4, 0.5) is 0 Å². The fraction of sp³-hybridized carbons (Fsp3) is 0.600. The zero-order valence-electron chi connectivity index (χ0n) is 11.3. The standard InChI is InChI=1S/C15H26/c1-12(2)9-8-10-13(3)11-14(4)15(5,6)7/h9,11H,4,8,10H2,1-3,5-7H3/b13-11+. The Balaban J connectivity index is 4.22. The lowest BCUT2D eigenvalue weighted by Gasteiger charge is -2.19. The monoisotopic (exact) mass is 206 g/mol. The number of hydrogen-bond donors (Lipinski definition) is 0. The van der Waals surface area contributed by atoms with E-state index in [9.17, 15) is 0 Å². The Labute approximate surface area is 95.8 Å². The first-order valence-electron chi connectivity index (χ1n) is 5.73. The first-order chi connectivity index (χ1) is 6.73. The maximum absolute atomic E-state index is 4.12. The highest BCUT2D eigenvalue weighted by Crippen LogP contribution is 2.26. The third kappa shape index (κ3) is 7.18. The SMILES string of the molecule is C=C(/C=C(\C)CCC=C(C)C)C(C)(C)C. The first-order valence-corrected chi connectivity index (χ1v) is 5.73. The molecule has 0 aromatic carbocycles. The van der Waals surface area contributed by atoms with Crippen molar-refractivity contribution in [1.29, 1.82) is 0 Å². The van der Waals surface area contributed by atoms with Gasteiger partial charge in [-0.3, -0.25) is 0 Å². The summed E-state index contributed by atoms with van der Waals surface area (Å²) in [7, 11) is 0. The van der Waals surface area contributed by atoms with E-state index in [1.165, 1.54) is 16.7 Å². The minimum absolute atomic E-state index is 0.192. The second-order valence-corrected chi connectivity index (χ2v) is 5.59. The van der Waals surface area contributed by atoms with Crippen LogP contribution >= 0.6 is 0 Å². The van der Waals surface area contributed by atoms with E-state index in [1.807, 2.05) is 0 Å². The first kappa shape index (κ1) is 14.2. The Bertz CT molecular complexity index is 265. The summed E-state index contributed by atoms with van der Waals surface area (Å²) in [6, 6.07) is 0. The molecule has 0 aromatic heterocycles. The molecular weight excluding hydrogens is 180 g/mol. The van der Waals surface area contributed by atoms with Crippen molar-refractivity contribution < 1.29 is 0 Å². The van der Waals surface area contributed by atoms with Crippen LogP contribution in [0.5, 0.6) is 0 Å². The van der Waals surface area contributed by atoms with Gasteiger partial charge in [-0.2, -0.15) is 0 Å². The van der Waals surface area contributed by atoms with Crippen molar-refractivity contribution in [2.24, 2.45) is 5.41 Å². The lowest BCUT2D eigenvalue weighted by atomic mass is 9.86. The van der Waals surface area contributed by atoms with Gasteiger partial charge in [0, 0.05) is 0 Å². The van der Waals surface area contributed by atoms with Gasteiger partial charge in [-0.15, -0.1) is 0 Å². The summed E-state index contributed by atoms with van der Waals surface area (Å²) in [4.78, 5) is 0. The second-order valence-electron chi connectivity index (χ2n) is 5.59. The van der Waals surface area contributed by atoms with Gasteiger partial charge in [-0.1, -0.05) is 50.6 Å². The predicted octanol–water partition coefficient (Wildman–Crippen LogP) is 5.28. The summed E-state index contributed by atoms with van der Waals surface area (Å²) in [6.45, 7) is 17.2. The Morgan fingerprint density at radius 3 is 2.07 bits per heavy atom. The minimum atomic E-state index is 0.192. The van der Waals surface area contributed by atoms with Crippen molar-refractivity contribution in [1.82, 2.24) is 0 Å². The molecule has 0 saturated heterocycles. The van der Waals surface area contributed by atoms with Crippen LogP contribution in [0.2, 0.25) is 0 Å². The van der Waals surface area contributed by atoms with Gasteiger partial charge in [-0.05, 0) is 44.6 Å². The van der Waals surface area contributed by atoms with Gasteiger partial charge in [0.2, 0.25) is 0 Å². The summed E-state index contributed by atoms with van der Waals surface area (Å²) < 4.78 is 0. The van der Waals surface area contributed by atoms with Crippen molar-refractivity contribution >= 4 is 0 Å². The average Bonchev–Trinajstić information content (AvgIpc) is 2.01. The van der Waals surface area contributed by atoms with Crippen LogP contribution in [0.15, 0.2) is 35.5 Å². The molecule has 0 rings (SSSR count). The molecule has 0 amide bonds. The summed E-state index contributed by atoms with van der Waals surface area (Å²) in [5.74, 6) is 0. The van der Waals surface area contributed by atoms with E-state index in [-0.39, 0.29) is 5.41 Å². The lowest BCUT2D eigenvalue weighted by Crippen LogP contribution is -2.06. The van der Waals surface area contributed by atoms with E-state index < -0.39 is 0 Å². The van der Waals surface area contributed by atoms with E-state index in [4.69, 9.17) is 0 Å². The maximum Gasteiger partial charge on any atom is -0.0138 e. The van der Waals surface area contributed by atoms with Gasteiger partial charge in [0.25, 0.3) is 0 Å². The van der Waals surface area contributed by atoms with E-state index >= 15 is 0 Å². The fourth-order valence-corrected chi connectivity index (χ4v) is 1.17. The van der Waals surface area contributed by atoms with E-state index in [0.717, 1.165) is 12.8 Å². The average molecular weight is 206 g/mol. The summed E-state index contributed by atoms with van der Waals surface area (Å²) in [5, 5.41) is 0. The normalized spacial score (nSPS) is 12.5. The molecule has 0 fully saturated rings. The number of hydrogen-bond acceptors (Lipinski definition) is 0. The molecule has 0 heteroatoms. The largest absolute Gasteiger partial charge is 0.0953 e. The second kappa shape index (κ2) is 5.95. The van der Waals surface area contributed by atoms with Gasteiger partial charge >= 0.3 is 0 Å². The number of allylic oxidation sites excluding steroid dienone is 5. The molecule has 0 aliphatic heterocycles. The van der Waals surface area contributed by atoms with Gasteiger partial charge in [0.05, 0.1) is 0 Å². The summed E-state index contributed by atoms with van der Waals surface area (Å²) in [6.07, 6.45) is 6.80. The van der Waals surface area contributed by atoms with Crippen LogP contribution in [0, 0.1) is 5.41 Å². The van der Waals surface area contributed by atoms with Crippen molar-refractivity contribution in [2.75, 3.05) is 0 Å². The van der Waals surface area contributed by atoms with Crippen LogP contribution in [0.25, 0.3) is 0 Å². The van der Waals surface area contributed by atoms with E-state index in [2.05, 4.69) is 60.3 Å². The lowest BCUT2D eigenvalue weighted by molar-refractivity contribution is 0.518. The van der Waals surface area contributed by atoms with Crippen molar-refractivity contribution in [2.45, 2.75) is 54.4 Å². The predicted molar refractivity (Wildman–Crippen MR) is 71.0 cm³/mol. The van der Waals surface area contributed by atoms with Gasteiger partial charge < -0.3 is 0 Å². The molecule has 15 heavy (non-hydrogen) atoms. The third-order valence-electron chi connectivity index (χ3n) is 2.48. The van der Waals surface area contributed by atoms with E-state index in [1.54, 1.807) is 0 Å². The molecular formula is C15H26. The molecule has 0 N–H and O–H groups in total. The highest BCUT2D eigenvalue weighted by atomic mass is 14.2. The van der Waals surface area contributed by atoms with Crippen LogP contribution in [0.1, 0.15) is 54.4 Å². The molecule has 0 bridgehead atoms. The molecule has 0 radical (unpaired) electrons. The topological polar surface area (TPSA) is 0 Å². The van der Waals surface area contributed by atoms with Crippen molar-refractivity contribution in [3.63, 3.8) is 0 Å². The van der Waals surface area contributed by atoms with Gasteiger partial charge in [0.15, 0.2) is 0 Å². The smallest absolute Gasteiger partial charge is 0.0138 e. The maximum atomic E-state index is 4.12. The quantitative estimate of drug-likeness (QED) is 0.433. The molecule has 0 unspecified atom stereocenters. The van der Waals surface area contributed by atoms with E-state index in [0.29, 0.717) is 0 Å². The fourth-order valence-electron chi connectivity index (χ4n) is 1.17. The molecule has 0 aliphatic carbocycles. The Kier molecular flexibility index (Phi) is 5.64. The van der Waals surface area contributed by atoms with Crippen molar-refractivity contribution in [3.05, 3.63) is 35.5 Å². The molecule has 0 aromatic rings. The molecule has 0 saturated carbocycles. The minimum Gasteiger partial charge on any atom is -0.0953 e. The van der Waals surface area contributed by atoms with Gasteiger partial charge in [0.1, 0.15) is 0 Å². The molecule has 0 heterocycles. The summed E-state index contributed by atoms with van der Waals surface area (Å²) in [5.41, 5.74) is 4.24. The molecule has 0 aliphatic rings. The molecule has 86 valence electrons. The Morgan fingerprint density at radius 1 is 1.13 bits per heavy atom. The van der Waals surface area contributed by atoms with Crippen LogP contribution < -0.4 is 0 Å². The molecule has 0 nitrogen and oxygen atoms in total. The van der Waals surface area contributed by atoms with Crippen molar-refractivity contribution in [3.8, 4) is 0 Å². The van der Waals surface area contributed by atoms with Crippen LogP contribution in [-0.2, 0) is 0 Å². The Morgan fingerprint density at radius 2 is 1.67 bits per heavy atom.